The van der Waals surface area contributed by atoms with E-state index in [2.05, 4.69) is 0 Å². The number of carbonyl (C=O) groups is 1. The minimum absolute atomic E-state index is 0.437. The van der Waals surface area contributed by atoms with Crippen molar-refractivity contribution < 1.29 is 14.3 Å². The van der Waals surface area contributed by atoms with E-state index in [1.807, 2.05) is 24.3 Å². The van der Waals surface area contributed by atoms with Crippen LogP contribution >= 0.6 is 0 Å². The van der Waals surface area contributed by atoms with E-state index in [0.717, 1.165) is 22.3 Å². The summed E-state index contributed by atoms with van der Waals surface area (Å²) in [6, 6.07) is 7.72. The molecule has 0 fully saturated rings. The summed E-state index contributed by atoms with van der Waals surface area (Å²) in [5, 5.41) is 10.0. The van der Waals surface area contributed by atoms with Gasteiger partial charge in [0.05, 0.1) is 5.92 Å². The van der Waals surface area contributed by atoms with E-state index in [9.17, 15) is 4.79 Å². The van der Waals surface area contributed by atoms with Crippen LogP contribution in [0.4, 0.5) is 0 Å². The highest BCUT2D eigenvalue weighted by Crippen LogP contribution is 2.32. The fourth-order valence-electron chi connectivity index (χ4n) is 2.12. The minimum Gasteiger partial charge on any atom is -0.481 e. The second-order valence-corrected chi connectivity index (χ2v) is 3.95. The number of hydrogen-bond donors (Lipinski definition) is 1. The second kappa shape index (κ2) is 3.23. The zero-order valence-corrected chi connectivity index (χ0v) is 8.51. The van der Waals surface area contributed by atoms with Crippen molar-refractivity contribution in [2.24, 2.45) is 5.92 Å². The van der Waals surface area contributed by atoms with Gasteiger partial charge in [-0.3, -0.25) is 4.79 Å². The van der Waals surface area contributed by atoms with Gasteiger partial charge >= 0.3 is 5.97 Å². The molecule has 0 saturated heterocycles. The maximum atomic E-state index is 10.9. The molecule has 3 heteroatoms. The van der Waals surface area contributed by atoms with Crippen molar-refractivity contribution in [3.05, 3.63) is 41.7 Å². The van der Waals surface area contributed by atoms with E-state index < -0.39 is 11.9 Å². The summed E-state index contributed by atoms with van der Waals surface area (Å²) in [4.78, 5) is 10.9. The molecular formula is C13H10O3. The number of furan rings is 1. The molecule has 0 radical (unpaired) electrons. The molecule has 0 spiro atoms. The Hall–Kier alpha value is -2.03. The molecule has 0 saturated carbocycles. The molecule has 1 aliphatic carbocycles. The first kappa shape index (κ1) is 9.21. The summed E-state index contributed by atoms with van der Waals surface area (Å²) in [7, 11) is 0. The van der Waals surface area contributed by atoms with Gasteiger partial charge in [-0.15, -0.1) is 0 Å². The molecule has 0 amide bonds. The highest BCUT2D eigenvalue weighted by molar-refractivity contribution is 5.87. The fraction of sp³-hybridized carbons (Fsp3) is 0.154. The van der Waals surface area contributed by atoms with E-state index in [0.29, 0.717) is 6.42 Å². The Bertz CT molecular complexity index is 592. The minimum atomic E-state index is -0.785. The highest BCUT2D eigenvalue weighted by Gasteiger charge is 2.24. The third kappa shape index (κ3) is 1.25. The third-order valence-corrected chi connectivity index (χ3v) is 2.95. The van der Waals surface area contributed by atoms with Crippen LogP contribution in [0.1, 0.15) is 11.3 Å². The number of carboxylic acids is 1. The van der Waals surface area contributed by atoms with Gasteiger partial charge in [-0.25, -0.2) is 0 Å². The monoisotopic (exact) mass is 214 g/mol. The zero-order chi connectivity index (χ0) is 11.1. The second-order valence-electron chi connectivity index (χ2n) is 3.95. The first-order valence-electron chi connectivity index (χ1n) is 5.17. The number of hydrogen-bond acceptors (Lipinski definition) is 2. The lowest BCUT2D eigenvalue weighted by Crippen LogP contribution is -2.16. The van der Waals surface area contributed by atoms with E-state index >= 15 is 0 Å². The molecule has 1 aromatic carbocycles. The largest absolute Gasteiger partial charge is 0.481 e. The molecule has 1 aliphatic rings. The van der Waals surface area contributed by atoms with Crippen LogP contribution < -0.4 is 0 Å². The van der Waals surface area contributed by atoms with Crippen LogP contribution in [0.3, 0.4) is 0 Å². The summed E-state index contributed by atoms with van der Waals surface area (Å²) < 4.78 is 5.64. The highest BCUT2D eigenvalue weighted by atomic mass is 16.4. The average molecular weight is 214 g/mol. The lowest BCUT2D eigenvalue weighted by Gasteiger charge is -2.11. The van der Waals surface area contributed by atoms with Gasteiger partial charge in [-0.2, -0.15) is 0 Å². The van der Waals surface area contributed by atoms with Gasteiger partial charge in [0.15, 0.2) is 0 Å². The Kier molecular flexibility index (Phi) is 1.86. The van der Waals surface area contributed by atoms with Gasteiger partial charge < -0.3 is 9.52 Å². The molecule has 0 bridgehead atoms. The summed E-state index contributed by atoms with van der Waals surface area (Å²) in [5.41, 5.74) is 1.83. The summed E-state index contributed by atoms with van der Waals surface area (Å²) in [6.45, 7) is 0. The van der Waals surface area contributed by atoms with Crippen LogP contribution in [0.25, 0.3) is 17.0 Å². The number of para-hydroxylation sites is 1. The average Bonchev–Trinajstić information content (AvgIpc) is 2.66. The van der Waals surface area contributed by atoms with E-state index in [-0.39, 0.29) is 0 Å². The normalized spacial score (nSPS) is 18.6. The Morgan fingerprint density at radius 2 is 2.19 bits per heavy atom. The molecule has 1 heterocycles. The molecule has 3 nitrogen and oxygen atoms in total. The maximum absolute atomic E-state index is 10.9. The molecule has 2 aromatic rings. The van der Waals surface area contributed by atoms with Crippen LogP contribution in [0.2, 0.25) is 0 Å². The predicted molar refractivity (Wildman–Crippen MR) is 60.1 cm³/mol. The van der Waals surface area contributed by atoms with Crippen molar-refractivity contribution in [1.82, 2.24) is 0 Å². The molecule has 1 unspecified atom stereocenters. The molecule has 0 aliphatic heterocycles. The first-order valence-corrected chi connectivity index (χ1v) is 5.17. The molecule has 1 N–H and O–H groups in total. The van der Waals surface area contributed by atoms with Gasteiger partial charge in [0, 0.05) is 10.9 Å². The van der Waals surface area contributed by atoms with E-state index in [1.165, 1.54) is 0 Å². The van der Waals surface area contributed by atoms with Crippen LogP contribution in [0, 0.1) is 5.92 Å². The molecule has 80 valence electrons. The van der Waals surface area contributed by atoms with E-state index in [4.69, 9.17) is 9.52 Å². The van der Waals surface area contributed by atoms with Gasteiger partial charge in [-0.1, -0.05) is 24.3 Å². The fourth-order valence-corrected chi connectivity index (χ4v) is 2.12. The number of rotatable bonds is 1. The van der Waals surface area contributed by atoms with Crippen molar-refractivity contribution in [2.45, 2.75) is 6.42 Å². The van der Waals surface area contributed by atoms with Crippen LogP contribution in [-0.4, -0.2) is 11.1 Å². The number of benzene rings is 1. The smallest absolute Gasteiger partial charge is 0.310 e. The lowest BCUT2D eigenvalue weighted by atomic mass is 9.92. The number of carboxylic acid groups (broad SMARTS) is 1. The van der Waals surface area contributed by atoms with Crippen LogP contribution in [0.5, 0.6) is 0 Å². The Balaban J connectivity index is 2.17. The van der Waals surface area contributed by atoms with Gasteiger partial charge in [0.1, 0.15) is 11.3 Å². The number of aliphatic carboxylic acids is 1. The van der Waals surface area contributed by atoms with Crippen molar-refractivity contribution in [1.29, 1.82) is 0 Å². The zero-order valence-electron chi connectivity index (χ0n) is 8.51. The van der Waals surface area contributed by atoms with Crippen LogP contribution in [-0.2, 0) is 11.2 Å². The Morgan fingerprint density at radius 3 is 3.00 bits per heavy atom. The van der Waals surface area contributed by atoms with Gasteiger partial charge in [0.25, 0.3) is 0 Å². The van der Waals surface area contributed by atoms with Crippen molar-refractivity contribution in [2.75, 3.05) is 0 Å². The Morgan fingerprint density at radius 1 is 1.38 bits per heavy atom. The maximum Gasteiger partial charge on any atom is 0.310 e. The summed E-state index contributed by atoms with van der Waals surface area (Å²) in [6.07, 6.45) is 3.96. The predicted octanol–water partition coefficient (Wildman–Crippen LogP) is 2.70. The first-order chi connectivity index (χ1) is 7.75. The van der Waals surface area contributed by atoms with Crippen molar-refractivity contribution in [3.8, 4) is 0 Å². The van der Waals surface area contributed by atoms with E-state index in [1.54, 1.807) is 12.2 Å². The van der Waals surface area contributed by atoms with Crippen molar-refractivity contribution >= 4 is 23.0 Å². The molecular weight excluding hydrogens is 204 g/mol. The molecule has 3 rings (SSSR count). The number of fused-ring (bicyclic) bond motifs is 3. The van der Waals surface area contributed by atoms with Gasteiger partial charge in [0.2, 0.25) is 0 Å². The molecule has 1 atom stereocenters. The summed E-state index contributed by atoms with van der Waals surface area (Å²) >= 11 is 0. The standard InChI is InChI=1S/C13H10O3/c14-13(15)8-5-6-12-10(7-8)9-3-1-2-4-11(9)16-12/h1-6,8H,7H2,(H,14,15). The summed E-state index contributed by atoms with van der Waals surface area (Å²) in [5.74, 6) is -0.431. The van der Waals surface area contributed by atoms with Crippen LogP contribution in [0.15, 0.2) is 34.8 Å². The molecule has 1 aromatic heterocycles. The SMILES string of the molecule is O=C(O)C1C=Cc2oc3ccccc3c2C1. The third-order valence-electron chi connectivity index (χ3n) is 2.95. The Labute approximate surface area is 92.0 Å². The van der Waals surface area contributed by atoms with Crippen molar-refractivity contribution in [3.63, 3.8) is 0 Å². The topological polar surface area (TPSA) is 50.4 Å². The van der Waals surface area contributed by atoms with Gasteiger partial charge in [-0.05, 0) is 18.6 Å². The molecule has 16 heavy (non-hydrogen) atoms. The lowest BCUT2D eigenvalue weighted by molar-refractivity contribution is -0.140. The quantitative estimate of drug-likeness (QED) is 0.794.